The van der Waals surface area contributed by atoms with Gasteiger partial charge in [-0.05, 0) is 67.1 Å². The fourth-order valence-electron chi connectivity index (χ4n) is 3.03. The highest BCUT2D eigenvalue weighted by molar-refractivity contribution is 8.04. The van der Waals surface area contributed by atoms with E-state index in [1.54, 1.807) is 36.4 Å². The second-order valence-corrected chi connectivity index (χ2v) is 12.7. The molecule has 0 unspecified atom stereocenters. The summed E-state index contributed by atoms with van der Waals surface area (Å²) in [5.74, 6) is 2.72. The van der Waals surface area contributed by atoms with Gasteiger partial charge in [0.2, 0.25) is 0 Å². The van der Waals surface area contributed by atoms with E-state index in [2.05, 4.69) is 32.7 Å². The van der Waals surface area contributed by atoms with Gasteiger partial charge in [0, 0.05) is 11.6 Å². The van der Waals surface area contributed by atoms with Crippen LogP contribution in [0.2, 0.25) is 0 Å². The highest BCUT2D eigenvalue weighted by Crippen LogP contribution is 2.25. The van der Waals surface area contributed by atoms with Gasteiger partial charge in [-0.1, -0.05) is 68.3 Å². The number of sulfonamides is 2. The van der Waals surface area contributed by atoms with Crippen LogP contribution in [0.4, 0.5) is 0 Å². The van der Waals surface area contributed by atoms with Gasteiger partial charge in [-0.3, -0.25) is 0 Å². The molecule has 0 bridgehead atoms. The van der Waals surface area contributed by atoms with Crippen molar-refractivity contribution < 1.29 is 16.8 Å². The molecule has 3 aromatic carbocycles. The summed E-state index contributed by atoms with van der Waals surface area (Å²) in [6, 6.07) is 21.7. The van der Waals surface area contributed by atoms with Gasteiger partial charge in [0.1, 0.15) is 0 Å². The molecule has 0 aromatic heterocycles. The third-order valence-electron chi connectivity index (χ3n) is 5.12. The van der Waals surface area contributed by atoms with Crippen LogP contribution in [0, 0.1) is 25.8 Å². The average Bonchev–Trinajstić information content (AvgIpc) is 2.74. The largest absolute Gasteiger partial charge is 0.284 e. The molecule has 0 amide bonds. The Bertz CT molecular complexity index is 1330. The maximum absolute atomic E-state index is 13.4. The van der Waals surface area contributed by atoms with E-state index in [9.17, 15) is 16.8 Å². The molecule has 0 aliphatic heterocycles. The molecule has 3 rings (SSSR count). The Kier molecular flexibility index (Phi) is 6.73. The van der Waals surface area contributed by atoms with Gasteiger partial charge in [0.25, 0.3) is 20.0 Å². The summed E-state index contributed by atoms with van der Waals surface area (Å²) in [6.45, 7) is 9.88. The third-order valence-corrected chi connectivity index (χ3v) is 9.09. The monoisotopic (exact) mass is 481 g/mol. The van der Waals surface area contributed by atoms with E-state index in [1.165, 1.54) is 24.3 Å². The third kappa shape index (κ3) is 5.47. The molecule has 0 radical (unpaired) electrons. The fraction of sp³-hybridized carbons (Fsp3) is 0.231. The Morgan fingerprint density at radius 1 is 0.636 bits per heavy atom. The summed E-state index contributed by atoms with van der Waals surface area (Å²) in [7, 11) is -8.93. The maximum Gasteiger partial charge on any atom is 0.284 e. The first-order valence-electron chi connectivity index (χ1n) is 10.4. The van der Waals surface area contributed by atoms with Crippen molar-refractivity contribution in [2.45, 2.75) is 49.8 Å². The van der Waals surface area contributed by atoms with Crippen molar-refractivity contribution in [2.75, 3.05) is 0 Å². The first-order valence-corrected chi connectivity index (χ1v) is 13.3. The normalized spacial score (nSPS) is 12.0. The van der Waals surface area contributed by atoms with Gasteiger partial charge >= 0.3 is 0 Å². The molecule has 7 heteroatoms. The van der Waals surface area contributed by atoms with E-state index in [0.29, 0.717) is 5.56 Å². The summed E-state index contributed by atoms with van der Waals surface area (Å²) in [5.41, 5.74) is 3.25. The van der Waals surface area contributed by atoms with Gasteiger partial charge < -0.3 is 0 Å². The highest BCUT2D eigenvalue weighted by atomic mass is 32.3. The van der Waals surface area contributed by atoms with E-state index in [0.717, 1.165) is 16.7 Å². The molecular weight excluding hydrogens is 454 g/mol. The fourth-order valence-corrected chi connectivity index (χ4v) is 6.25. The Morgan fingerprint density at radius 2 is 1.03 bits per heavy atom. The van der Waals surface area contributed by atoms with E-state index < -0.39 is 20.0 Å². The van der Waals surface area contributed by atoms with Gasteiger partial charge in [-0.15, -0.1) is 3.71 Å². The van der Waals surface area contributed by atoms with Crippen molar-refractivity contribution in [1.29, 1.82) is 0 Å². The molecule has 0 fully saturated rings. The van der Waals surface area contributed by atoms with Gasteiger partial charge in [0.15, 0.2) is 0 Å². The number of hydrogen-bond acceptors (Lipinski definition) is 4. The predicted octanol–water partition coefficient (Wildman–Crippen LogP) is 4.99. The van der Waals surface area contributed by atoms with Gasteiger partial charge in [0.05, 0.1) is 9.79 Å². The zero-order chi connectivity index (χ0) is 24.4. The van der Waals surface area contributed by atoms with E-state index in [4.69, 9.17) is 0 Å². The molecule has 0 saturated heterocycles. The molecule has 33 heavy (non-hydrogen) atoms. The summed E-state index contributed by atoms with van der Waals surface area (Å²) >= 11 is 0. The van der Waals surface area contributed by atoms with Crippen LogP contribution in [0.5, 0.6) is 0 Å². The predicted molar refractivity (Wildman–Crippen MR) is 131 cm³/mol. The van der Waals surface area contributed by atoms with Crippen molar-refractivity contribution in [3.63, 3.8) is 0 Å². The molecule has 0 spiro atoms. The van der Waals surface area contributed by atoms with Crippen LogP contribution in [0.3, 0.4) is 0 Å². The minimum atomic E-state index is -4.46. The van der Waals surface area contributed by atoms with Gasteiger partial charge in [-0.25, -0.2) is 0 Å². The Morgan fingerprint density at radius 3 is 1.39 bits per heavy atom. The van der Waals surface area contributed by atoms with E-state index in [-0.39, 0.29) is 18.9 Å². The summed E-state index contributed by atoms with van der Waals surface area (Å²) in [6.07, 6.45) is 0. The lowest BCUT2D eigenvalue weighted by molar-refractivity contribution is 0.542. The minimum Gasteiger partial charge on any atom is -0.199 e. The number of nitrogens with zero attached hydrogens (tertiary/aromatic N) is 1. The number of aryl methyl sites for hydroxylation is 2. The van der Waals surface area contributed by atoms with Crippen LogP contribution in [-0.2, 0) is 25.5 Å². The van der Waals surface area contributed by atoms with Crippen molar-refractivity contribution in [3.8, 4) is 12.0 Å². The number of benzene rings is 3. The zero-order valence-corrected chi connectivity index (χ0v) is 21.0. The maximum atomic E-state index is 13.4. The lowest BCUT2D eigenvalue weighted by Gasteiger charge is -2.19. The molecule has 0 N–H and O–H groups in total. The molecule has 0 saturated carbocycles. The van der Waals surface area contributed by atoms with Crippen molar-refractivity contribution in [3.05, 3.63) is 95.1 Å². The zero-order valence-electron chi connectivity index (χ0n) is 19.3. The summed E-state index contributed by atoms with van der Waals surface area (Å²) in [5, 5.41) is 0. The molecule has 5 nitrogen and oxygen atoms in total. The molecule has 3 aromatic rings. The van der Waals surface area contributed by atoms with Crippen molar-refractivity contribution in [2.24, 2.45) is 0 Å². The first kappa shape index (κ1) is 24.6. The summed E-state index contributed by atoms with van der Waals surface area (Å²) in [4.78, 5) is -0.303. The SMILES string of the molecule is Cc1ccc(S(=O)(=O)N(C#Cc2ccc(C(C)(C)C)cc2)S(=O)(=O)c2ccc(C)cc2)cc1. The molecular formula is C26H27NO4S2. The minimum absolute atomic E-state index is 0.0540. The quantitative estimate of drug-likeness (QED) is 0.389. The molecule has 0 aliphatic rings. The highest BCUT2D eigenvalue weighted by Gasteiger charge is 2.34. The lowest BCUT2D eigenvalue weighted by Crippen LogP contribution is -2.33. The Hall–Kier alpha value is -3.08. The Labute approximate surface area is 197 Å². The first-order chi connectivity index (χ1) is 15.3. The molecule has 172 valence electrons. The Balaban J connectivity index is 2.13. The van der Waals surface area contributed by atoms with Crippen molar-refractivity contribution >= 4 is 20.0 Å². The second kappa shape index (κ2) is 9.05. The average molecular weight is 482 g/mol. The number of rotatable bonds is 4. The van der Waals surface area contributed by atoms with Crippen LogP contribution in [0.1, 0.15) is 43.0 Å². The van der Waals surface area contributed by atoms with Crippen LogP contribution in [0.15, 0.2) is 82.6 Å². The van der Waals surface area contributed by atoms with Crippen LogP contribution >= 0.6 is 0 Å². The van der Waals surface area contributed by atoms with Gasteiger partial charge in [-0.2, -0.15) is 16.8 Å². The van der Waals surface area contributed by atoms with E-state index in [1.807, 2.05) is 26.0 Å². The molecule has 0 aliphatic carbocycles. The van der Waals surface area contributed by atoms with Crippen LogP contribution in [-0.4, -0.2) is 20.5 Å². The van der Waals surface area contributed by atoms with E-state index >= 15 is 0 Å². The van der Waals surface area contributed by atoms with Crippen LogP contribution < -0.4 is 0 Å². The standard InChI is InChI=1S/C26H27NO4S2/c1-20-6-14-24(15-7-20)32(28,29)27(33(30,31)25-16-8-21(2)9-17-25)19-18-22-10-12-23(13-11-22)26(3,4)5/h6-17H,1-5H3. The van der Waals surface area contributed by atoms with Crippen molar-refractivity contribution in [1.82, 2.24) is 3.71 Å². The second-order valence-electron chi connectivity index (χ2n) is 8.90. The number of hydrogen-bond donors (Lipinski definition) is 0. The summed E-state index contributed by atoms with van der Waals surface area (Å²) < 4.78 is 53.8. The lowest BCUT2D eigenvalue weighted by atomic mass is 9.87. The van der Waals surface area contributed by atoms with Crippen LogP contribution in [0.25, 0.3) is 0 Å². The topological polar surface area (TPSA) is 71.5 Å². The molecule has 0 atom stereocenters. The molecule has 0 heterocycles. The smallest absolute Gasteiger partial charge is 0.199 e.